The number of nitrogens with zero attached hydrogens (tertiary/aromatic N) is 2. The van der Waals surface area contributed by atoms with E-state index in [0.29, 0.717) is 38.6 Å². The predicted octanol–water partition coefficient (Wildman–Crippen LogP) is 6.15. The average Bonchev–Trinajstić information content (AvgIpc) is 3.44. The number of halogens is 1. The largest absolute Gasteiger partial charge is 0.453 e. The minimum atomic E-state index is -0.305. The molecule has 0 saturated carbocycles. The second kappa shape index (κ2) is 7.02. The SMILES string of the molecule is CC1(C)CC(=O)C2=C(C1)Nc1[nH]ncc1C2c1ccc(Sc2nc3cc(Cl)ccc3o2)o1. The molecule has 1 aromatic carbocycles. The van der Waals surface area contributed by atoms with Gasteiger partial charge in [-0.1, -0.05) is 25.4 Å². The van der Waals surface area contributed by atoms with E-state index in [4.69, 9.17) is 20.4 Å². The van der Waals surface area contributed by atoms with Crippen LogP contribution >= 0.6 is 23.4 Å². The lowest BCUT2D eigenvalue weighted by Gasteiger charge is -2.37. The first-order valence-electron chi connectivity index (χ1n) is 10.3. The molecule has 3 aromatic heterocycles. The molecule has 1 atom stereocenters. The van der Waals surface area contributed by atoms with Gasteiger partial charge >= 0.3 is 0 Å². The monoisotopic (exact) mass is 466 g/mol. The van der Waals surface area contributed by atoms with Gasteiger partial charge in [0.2, 0.25) is 0 Å². The highest BCUT2D eigenvalue weighted by Gasteiger charge is 2.42. The molecular formula is C23H19ClN4O3S. The van der Waals surface area contributed by atoms with Gasteiger partial charge in [-0.2, -0.15) is 5.10 Å². The number of H-pyrrole nitrogens is 1. The number of carbonyl (C=O) groups is 1. The molecule has 7 nitrogen and oxygen atoms in total. The molecule has 2 N–H and O–H groups in total. The van der Waals surface area contributed by atoms with Gasteiger partial charge in [-0.15, -0.1) is 0 Å². The van der Waals surface area contributed by atoms with Crippen molar-refractivity contribution in [2.75, 3.05) is 5.32 Å². The van der Waals surface area contributed by atoms with Crippen LogP contribution in [0.25, 0.3) is 11.1 Å². The van der Waals surface area contributed by atoms with E-state index in [1.807, 2.05) is 12.1 Å². The van der Waals surface area contributed by atoms with Gasteiger partial charge in [-0.05, 0) is 42.2 Å². The van der Waals surface area contributed by atoms with E-state index in [2.05, 4.69) is 34.3 Å². The summed E-state index contributed by atoms with van der Waals surface area (Å²) in [6.07, 6.45) is 3.05. The van der Waals surface area contributed by atoms with Crippen LogP contribution in [0.5, 0.6) is 0 Å². The highest BCUT2D eigenvalue weighted by atomic mass is 35.5. The number of aromatic amines is 1. The predicted molar refractivity (Wildman–Crippen MR) is 121 cm³/mol. The van der Waals surface area contributed by atoms with Gasteiger partial charge in [0.1, 0.15) is 17.1 Å². The van der Waals surface area contributed by atoms with Crippen LogP contribution in [0.3, 0.4) is 0 Å². The number of rotatable bonds is 3. The number of allylic oxidation sites excluding steroid dienone is 2. The average molecular weight is 467 g/mol. The minimum absolute atomic E-state index is 0.0922. The number of ketones is 1. The molecular weight excluding hydrogens is 448 g/mol. The van der Waals surface area contributed by atoms with Gasteiger partial charge in [0.25, 0.3) is 5.22 Å². The molecule has 6 rings (SSSR count). The maximum atomic E-state index is 13.2. The van der Waals surface area contributed by atoms with E-state index in [0.717, 1.165) is 29.1 Å². The second-order valence-electron chi connectivity index (χ2n) is 8.94. The lowest BCUT2D eigenvalue weighted by Crippen LogP contribution is -2.33. The van der Waals surface area contributed by atoms with E-state index in [1.165, 1.54) is 11.8 Å². The number of carbonyl (C=O) groups excluding carboxylic acids is 1. The van der Waals surface area contributed by atoms with Crippen molar-refractivity contribution in [1.82, 2.24) is 15.2 Å². The third kappa shape index (κ3) is 3.25. The summed E-state index contributed by atoms with van der Waals surface area (Å²) in [4.78, 5) is 17.6. The first-order chi connectivity index (χ1) is 15.4. The number of fused-ring (bicyclic) bond motifs is 2. The summed E-state index contributed by atoms with van der Waals surface area (Å²) in [5.41, 5.74) is 3.87. The smallest absolute Gasteiger partial charge is 0.264 e. The lowest BCUT2D eigenvalue weighted by molar-refractivity contribution is -0.118. The van der Waals surface area contributed by atoms with Crippen molar-refractivity contribution in [2.24, 2.45) is 5.41 Å². The number of hydrogen-bond donors (Lipinski definition) is 2. The Labute approximate surface area is 192 Å². The topological polar surface area (TPSA) is 97.0 Å². The van der Waals surface area contributed by atoms with Crippen molar-refractivity contribution in [3.05, 3.63) is 64.1 Å². The lowest BCUT2D eigenvalue weighted by atomic mass is 9.70. The summed E-state index contributed by atoms with van der Waals surface area (Å²) >= 11 is 7.33. The van der Waals surface area contributed by atoms with Crippen molar-refractivity contribution in [3.8, 4) is 0 Å². The number of nitrogens with one attached hydrogen (secondary N) is 2. The molecule has 32 heavy (non-hydrogen) atoms. The Morgan fingerprint density at radius 3 is 2.94 bits per heavy atom. The molecule has 4 aromatic rings. The fraction of sp³-hybridized carbons (Fsp3) is 0.261. The number of anilines is 1. The summed E-state index contributed by atoms with van der Waals surface area (Å²) in [5, 5.41) is 12.3. The zero-order chi connectivity index (χ0) is 22.0. The number of oxazole rings is 1. The van der Waals surface area contributed by atoms with Gasteiger partial charge in [-0.3, -0.25) is 9.89 Å². The Hall–Kier alpha value is -2.97. The Morgan fingerprint density at radius 2 is 2.06 bits per heavy atom. The van der Waals surface area contributed by atoms with Crippen LogP contribution in [0, 0.1) is 5.41 Å². The standard InChI is InChI=1S/C23H19ClN4O3S/c1-23(2)8-14-20(15(29)9-23)19(12-10-25-28-21(12)26-14)17-5-6-18(30-17)32-22-27-13-7-11(24)3-4-16(13)31-22/h3-7,10,19H,8-9H2,1-2H3,(H2,25,26,28). The Kier molecular flexibility index (Phi) is 4.32. The third-order valence-electron chi connectivity index (χ3n) is 5.87. The molecule has 0 bridgehead atoms. The van der Waals surface area contributed by atoms with Crippen LogP contribution in [0.2, 0.25) is 5.02 Å². The maximum Gasteiger partial charge on any atom is 0.264 e. The van der Waals surface area contributed by atoms with Crippen LogP contribution in [-0.2, 0) is 4.79 Å². The van der Waals surface area contributed by atoms with Crippen molar-refractivity contribution < 1.29 is 13.6 Å². The summed E-state index contributed by atoms with van der Waals surface area (Å²) in [5.74, 6) is 1.33. The zero-order valence-electron chi connectivity index (χ0n) is 17.4. The first kappa shape index (κ1) is 19.7. The first-order valence-corrected chi connectivity index (χ1v) is 11.5. The molecule has 1 unspecified atom stereocenters. The van der Waals surface area contributed by atoms with Gasteiger partial charge in [0.05, 0.1) is 12.1 Å². The number of hydrogen-bond acceptors (Lipinski definition) is 7. The van der Waals surface area contributed by atoms with Gasteiger partial charge in [-0.25, -0.2) is 4.98 Å². The van der Waals surface area contributed by atoms with Crippen LogP contribution in [0.1, 0.15) is 43.9 Å². The van der Waals surface area contributed by atoms with Crippen molar-refractivity contribution in [3.63, 3.8) is 0 Å². The number of aromatic nitrogens is 3. The fourth-order valence-electron chi connectivity index (χ4n) is 4.55. The molecule has 162 valence electrons. The molecule has 1 aliphatic carbocycles. The molecule has 2 aliphatic rings. The molecule has 0 fully saturated rings. The fourth-order valence-corrected chi connectivity index (χ4v) is 5.44. The Morgan fingerprint density at radius 1 is 1.19 bits per heavy atom. The number of benzene rings is 1. The molecule has 0 radical (unpaired) electrons. The van der Waals surface area contributed by atoms with Crippen LogP contribution in [0.4, 0.5) is 5.82 Å². The van der Waals surface area contributed by atoms with Gasteiger partial charge in [0.15, 0.2) is 16.5 Å². The van der Waals surface area contributed by atoms with Gasteiger partial charge in [0, 0.05) is 40.0 Å². The van der Waals surface area contributed by atoms with E-state index in [1.54, 1.807) is 24.4 Å². The molecule has 4 heterocycles. The second-order valence-corrected chi connectivity index (χ2v) is 10.3. The molecule has 0 saturated heterocycles. The van der Waals surface area contributed by atoms with Crippen LogP contribution in [0.15, 0.2) is 66.9 Å². The van der Waals surface area contributed by atoms with Gasteiger partial charge < -0.3 is 14.2 Å². The van der Waals surface area contributed by atoms with E-state index in [-0.39, 0.29) is 17.1 Å². The van der Waals surface area contributed by atoms with E-state index >= 15 is 0 Å². The third-order valence-corrected chi connectivity index (χ3v) is 6.87. The maximum absolute atomic E-state index is 13.2. The summed E-state index contributed by atoms with van der Waals surface area (Å²) in [7, 11) is 0. The van der Waals surface area contributed by atoms with E-state index < -0.39 is 0 Å². The number of furan rings is 1. The molecule has 0 spiro atoms. The summed E-state index contributed by atoms with van der Waals surface area (Å²) in [6, 6.07) is 9.11. The Balaban J connectivity index is 1.36. The van der Waals surface area contributed by atoms with Crippen LogP contribution < -0.4 is 5.32 Å². The van der Waals surface area contributed by atoms with Crippen molar-refractivity contribution in [1.29, 1.82) is 0 Å². The molecule has 0 amide bonds. The Bertz CT molecular complexity index is 1410. The summed E-state index contributed by atoms with van der Waals surface area (Å²) in [6.45, 7) is 4.23. The highest BCUT2D eigenvalue weighted by molar-refractivity contribution is 7.99. The summed E-state index contributed by atoms with van der Waals surface area (Å²) < 4.78 is 12.0. The van der Waals surface area contributed by atoms with Crippen molar-refractivity contribution in [2.45, 2.75) is 42.9 Å². The minimum Gasteiger partial charge on any atom is -0.453 e. The highest BCUT2D eigenvalue weighted by Crippen LogP contribution is 2.49. The quantitative estimate of drug-likeness (QED) is 0.373. The van der Waals surface area contributed by atoms with Crippen molar-refractivity contribution >= 4 is 46.1 Å². The normalized spacial score (nSPS) is 19.7. The molecule has 9 heteroatoms. The van der Waals surface area contributed by atoms with E-state index in [9.17, 15) is 4.79 Å². The molecule has 1 aliphatic heterocycles. The van der Waals surface area contributed by atoms with Crippen LogP contribution in [-0.4, -0.2) is 21.0 Å². The number of Topliss-reactive ketones (excluding diaryl/α,β-unsaturated/α-hetero) is 1. The zero-order valence-corrected chi connectivity index (χ0v) is 18.9.